The molecule has 0 aromatic heterocycles. The van der Waals surface area contributed by atoms with Crippen LogP contribution in [0.15, 0.2) is 24.3 Å². The Labute approximate surface area is 122 Å². The summed E-state index contributed by atoms with van der Waals surface area (Å²) in [6.07, 6.45) is 5.50. The molecular formula is C18H27NO. The number of fused-ring (bicyclic) bond motifs is 2. The molecule has 3 unspecified atom stereocenters. The molecule has 2 nitrogen and oxygen atoms in total. The summed E-state index contributed by atoms with van der Waals surface area (Å²) in [4.78, 5) is 0. The lowest BCUT2D eigenvalue weighted by Gasteiger charge is -2.34. The largest absolute Gasteiger partial charge is 0.374 e. The number of hydrogen-bond acceptors (Lipinski definition) is 2. The van der Waals surface area contributed by atoms with Crippen molar-refractivity contribution in [3.8, 4) is 0 Å². The second-order valence-corrected chi connectivity index (χ2v) is 7.72. The smallest absolute Gasteiger partial charge is 0.0652 e. The van der Waals surface area contributed by atoms with E-state index in [2.05, 4.69) is 45.0 Å². The van der Waals surface area contributed by atoms with Crippen LogP contribution < -0.4 is 5.73 Å². The molecule has 20 heavy (non-hydrogen) atoms. The van der Waals surface area contributed by atoms with E-state index in [0.717, 1.165) is 19.4 Å². The van der Waals surface area contributed by atoms with Crippen LogP contribution in [0.4, 0.5) is 0 Å². The summed E-state index contributed by atoms with van der Waals surface area (Å²) < 4.78 is 6.05. The van der Waals surface area contributed by atoms with Crippen LogP contribution in [0.2, 0.25) is 0 Å². The fourth-order valence-corrected chi connectivity index (χ4v) is 3.89. The number of ether oxygens (including phenoxy) is 1. The minimum absolute atomic E-state index is 0.187. The van der Waals surface area contributed by atoms with E-state index in [1.54, 1.807) is 0 Å². The first-order valence-electron chi connectivity index (χ1n) is 7.88. The first-order chi connectivity index (χ1) is 9.43. The molecule has 0 spiro atoms. The van der Waals surface area contributed by atoms with E-state index < -0.39 is 0 Å². The normalized spacial score (nSPS) is 32.8. The Morgan fingerprint density at radius 3 is 2.35 bits per heavy atom. The first-order valence-corrected chi connectivity index (χ1v) is 7.88. The first kappa shape index (κ1) is 14.1. The van der Waals surface area contributed by atoms with E-state index >= 15 is 0 Å². The fourth-order valence-electron chi connectivity index (χ4n) is 3.89. The third-order valence-electron chi connectivity index (χ3n) is 5.21. The molecule has 0 saturated carbocycles. The molecule has 3 atom stereocenters. The van der Waals surface area contributed by atoms with Gasteiger partial charge in [-0.3, -0.25) is 0 Å². The summed E-state index contributed by atoms with van der Waals surface area (Å²) in [5, 5.41) is 0. The fraction of sp³-hybridized carbons (Fsp3) is 0.667. The van der Waals surface area contributed by atoms with Gasteiger partial charge in [-0.15, -0.1) is 0 Å². The van der Waals surface area contributed by atoms with Gasteiger partial charge >= 0.3 is 0 Å². The second kappa shape index (κ2) is 4.85. The zero-order chi connectivity index (χ0) is 14.4. The zero-order valence-electron chi connectivity index (χ0n) is 13.0. The topological polar surface area (TPSA) is 35.2 Å². The van der Waals surface area contributed by atoms with E-state index in [4.69, 9.17) is 10.5 Å². The van der Waals surface area contributed by atoms with Crippen LogP contribution in [0.1, 0.15) is 51.2 Å². The van der Waals surface area contributed by atoms with Crippen LogP contribution in [-0.4, -0.2) is 18.8 Å². The average Bonchev–Trinajstić information content (AvgIpc) is 2.99. The van der Waals surface area contributed by atoms with Gasteiger partial charge in [0, 0.05) is 12.0 Å². The van der Waals surface area contributed by atoms with Crippen LogP contribution in [0.3, 0.4) is 0 Å². The zero-order valence-corrected chi connectivity index (χ0v) is 13.0. The van der Waals surface area contributed by atoms with Crippen molar-refractivity contribution in [2.24, 2.45) is 11.1 Å². The highest BCUT2D eigenvalue weighted by molar-refractivity contribution is 5.28. The van der Waals surface area contributed by atoms with Gasteiger partial charge in [-0.25, -0.2) is 0 Å². The molecule has 0 aliphatic carbocycles. The maximum Gasteiger partial charge on any atom is 0.0652 e. The SMILES string of the molecule is CC(C)(C)c1ccc(CC2(CN)CC3CCC2O3)cc1. The van der Waals surface area contributed by atoms with E-state index in [0.29, 0.717) is 12.2 Å². The molecule has 2 heteroatoms. The van der Waals surface area contributed by atoms with Crippen LogP contribution in [0, 0.1) is 5.41 Å². The van der Waals surface area contributed by atoms with Crippen LogP contribution in [0.5, 0.6) is 0 Å². The van der Waals surface area contributed by atoms with Gasteiger partial charge in [-0.05, 0) is 42.2 Å². The van der Waals surface area contributed by atoms with Crippen molar-refractivity contribution >= 4 is 0 Å². The van der Waals surface area contributed by atoms with Gasteiger partial charge < -0.3 is 10.5 Å². The number of benzene rings is 1. The van der Waals surface area contributed by atoms with Gasteiger partial charge in [0.05, 0.1) is 12.2 Å². The predicted octanol–water partition coefficient (Wildman–Crippen LogP) is 3.42. The Kier molecular flexibility index (Phi) is 3.42. The molecule has 1 aromatic rings. The third-order valence-corrected chi connectivity index (χ3v) is 5.21. The van der Waals surface area contributed by atoms with Gasteiger partial charge in [0.2, 0.25) is 0 Å². The van der Waals surface area contributed by atoms with Gasteiger partial charge in [-0.2, -0.15) is 0 Å². The minimum atomic E-state index is 0.187. The monoisotopic (exact) mass is 273 g/mol. The summed E-state index contributed by atoms with van der Waals surface area (Å²) in [6, 6.07) is 9.11. The Morgan fingerprint density at radius 1 is 1.20 bits per heavy atom. The summed E-state index contributed by atoms with van der Waals surface area (Å²) in [6.45, 7) is 7.52. The number of nitrogens with two attached hydrogens (primary N) is 1. The van der Waals surface area contributed by atoms with Crippen LogP contribution in [-0.2, 0) is 16.6 Å². The van der Waals surface area contributed by atoms with Crippen LogP contribution in [0.25, 0.3) is 0 Å². The van der Waals surface area contributed by atoms with Crippen LogP contribution >= 0.6 is 0 Å². The molecule has 0 radical (unpaired) electrons. The van der Waals surface area contributed by atoms with Crippen molar-refractivity contribution in [2.75, 3.05) is 6.54 Å². The summed E-state index contributed by atoms with van der Waals surface area (Å²) in [5.74, 6) is 0. The summed E-state index contributed by atoms with van der Waals surface area (Å²) in [5.41, 5.74) is 9.33. The van der Waals surface area contributed by atoms with Gasteiger partial charge in [-0.1, -0.05) is 45.0 Å². The predicted molar refractivity (Wildman–Crippen MR) is 82.8 cm³/mol. The molecule has 3 rings (SSSR count). The van der Waals surface area contributed by atoms with Gasteiger partial charge in [0.15, 0.2) is 0 Å². The van der Waals surface area contributed by atoms with Gasteiger partial charge in [0.1, 0.15) is 0 Å². The standard InChI is InChI=1S/C18H27NO/c1-17(2,3)14-6-4-13(5-7-14)10-18(12-19)11-15-8-9-16(18)20-15/h4-7,15-16H,8-12,19H2,1-3H3. The van der Waals surface area contributed by atoms with Crippen molar-refractivity contribution in [1.82, 2.24) is 0 Å². The molecule has 1 aromatic carbocycles. The maximum absolute atomic E-state index is 6.12. The third kappa shape index (κ3) is 2.40. The average molecular weight is 273 g/mol. The van der Waals surface area contributed by atoms with E-state index in [1.807, 2.05) is 0 Å². The molecule has 2 aliphatic rings. The van der Waals surface area contributed by atoms with E-state index in [-0.39, 0.29) is 10.8 Å². The number of rotatable bonds is 3. The highest BCUT2D eigenvalue weighted by Gasteiger charge is 2.51. The lowest BCUT2D eigenvalue weighted by Crippen LogP contribution is -2.41. The highest BCUT2D eigenvalue weighted by atomic mass is 16.5. The molecule has 2 aliphatic heterocycles. The Hall–Kier alpha value is -0.860. The Morgan fingerprint density at radius 2 is 1.90 bits per heavy atom. The summed E-state index contributed by atoms with van der Waals surface area (Å²) >= 11 is 0. The van der Waals surface area contributed by atoms with Crippen molar-refractivity contribution in [3.05, 3.63) is 35.4 Å². The molecule has 2 saturated heterocycles. The lowest BCUT2D eigenvalue weighted by molar-refractivity contribution is 0.0636. The van der Waals surface area contributed by atoms with Crippen molar-refractivity contribution < 1.29 is 4.74 Å². The molecule has 2 fully saturated rings. The molecular weight excluding hydrogens is 246 g/mol. The molecule has 2 N–H and O–H groups in total. The van der Waals surface area contributed by atoms with E-state index in [1.165, 1.54) is 24.0 Å². The maximum atomic E-state index is 6.12. The second-order valence-electron chi connectivity index (χ2n) is 7.72. The van der Waals surface area contributed by atoms with Crippen molar-refractivity contribution in [3.63, 3.8) is 0 Å². The molecule has 0 amide bonds. The quantitative estimate of drug-likeness (QED) is 0.916. The minimum Gasteiger partial charge on any atom is -0.374 e. The van der Waals surface area contributed by atoms with E-state index in [9.17, 15) is 0 Å². The lowest BCUT2D eigenvalue weighted by atomic mass is 9.70. The van der Waals surface area contributed by atoms with Gasteiger partial charge in [0.25, 0.3) is 0 Å². The molecule has 110 valence electrons. The Bertz CT molecular complexity index is 473. The summed E-state index contributed by atoms with van der Waals surface area (Å²) in [7, 11) is 0. The van der Waals surface area contributed by atoms with Crippen molar-refractivity contribution in [2.45, 2.75) is 64.1 Å². The van der Waals surface area contributed by atoms with Crippen molar-refractivity contribution in [1.29, 1.82) is 0 Å². The molecule has 2 heterocycles. The highest BCUT2D eigenvalue weighted by Crippen LogP contribution is 2.49. The Balaban J connectivity index is 1.77. The number of hydrogen-bond donors (Lipinski definition) is 1. The molecule has 2 bridgehead atoms.